The Morgan fingerprint density at radius 3 is 2.45 bits per heavy atom. The van der Waals surface area contributed by atoms with E-state index in [1.54, 1.807) is 18.2 Å². The van der Waals surface area contributed by atoms with Crippen LogP contribution in [0.5, 0.6) is 5.75 Å². The highest BCUT2D eigenvalue weighted by atomic mass is 16.5. The quantitative estimate of drug-likeness (QED) is 0.637. The van der Waals surface area contributed by atoms with Crippen molar-refractivity contribution in [2.45, 2.75) is 63.4 Å². The summed E-state index contributed by atoms with van der Waals surface area (Å²) >= 11 is 0. The second-order valence-electron chi connectivity index (χ2n) is 9.45. The minimum Gasteiger partial charge on any atom is -0.508 e. The Morgan fingerprint density at radius 1 is 1.00 bits per heavy atom. The number of aliphatic imine (C=N–C) groups is 1. The number of benzene rings is 2. The summed E-state index contributed by atoms with van der Waals surface area (Å²) in [4.78, 5) is 31.8. The first kappa shape index (κ1) is 21.6. The zero-order valence-corrected chi connectivity index (χ0v) is 18.9. The van der Waals surface area contributed by atoms with Gasteiger partial charge in [-0.05, 0) is 68.2 Å². The summed E-state index contributed by atoms with van der Waals surface area (Å²) in [5, 5.41) is 10.2. The van der Waals surface area contributed by atoms with Crippen LogP contribution in [0.1, 0.15) is 68.4 Å². The van der Waals surface area contributed by atoms with Gasteiger partial charge in [-0.1, -0.05) is 42.5 Å². The van der Waals surface area contributed by atoms with Gasteiger partial charge >= 0.3 is 5.97 Å². The predicted molar refractivity (Wildman–Crippen MR) is 126 cm³/mol. The summed E-state index contributed by atoms with van der Waals surface area (Å²) in [6.45, 7) is 1.86. The molecule has 2 aromatic rings. The summed E-state index contributed by atoms with van der Waals surface area (Å²) in [5.74, 6) is -1.27. The average Bonchev–Trinajstić information content (AvgIpc) is 3.31. The standard InChI is InChI=1S/C28H29NO4/c1-17-25(28(32)33-22-12-5-6-13-22)26(19-10-7-11-21(30)14-19)27-23(29-17)15-20(16-24(27)31)18-8-3-2-4-9-18/h2-4,7-11,14,20,22,25-26,30H,5-6,12-13,15-16H2,1H3. The second kappa shape index (κ2) is 8.97. The molecule has 0 aromatic heterocycles. The van der Waals surface area contributed by atoms with E-state index in [0.29, 0.717) is 24.1 Å². The lowest BCUT2D eigenvalue weighted by atomic mass is 9.69. The van der Waals surface area contributed by atoms with Crippen LogP contribution in [0.3, 0.4) is 0 Å². The van der Waals surface area contributed by atoms with Crippen molar-refractivity contribution < 1.29 is 19.4 Å². The average molecular weight is 444 g/mol. The van der Waals surface area contributed by atoms with Crippen molar-refractivity contribution in [3.8, 4) is 5.75 Å². The molecule has 1 fully saturated rings. The third kappa shape index (κ3) is 4.24. The smallest absolute Gasteiger partial charge is 0.315 e. The fraction of sp³-hybridized carbons (Fsp3) is 0.393. The minimum absolute atomic E-state index is 0.0216. The highest BCUT2D eigenvalue weighted by Crippen LogP contribution is 2.47. The van der Waals surface area contributed by atoms with Crippen LogP contribution in [-0.4, -0.2) is 28.7 Å². The molecule has 3 atom stereocenters. The fourth-order valence-corrected chi connectivity index (χ4v) is 5.65. The monoisotopic (exact) mass is 443 g/mol. The van der Waals surface area contributed by atoms with Gasteiger partial charge in [-0.15, -0.1) is 0 Å². The minimum atomic E-state index is -0.664. The number of rotatable bonds is 4. The number of phenolic OH excluding ortho intramolecular Hbond substituents is 1. The Balaban J connectivity index is 1.55. The molecule has 5 nitrogen and oxygen atoms in total. The van der Waals surface area contributed by atoms with Crippen LogP contribution in [0.25, 0.3) is 0 Å². The van der Waals surface area contributed by atoms with Crippen LogP contribution >= 0.6 is 0 Å². The largest absolute Gasteiger partial charge is 0.508 e. The van der Waals surface area contributed by atoms with Crippen molar-refractivity contribution in [2.75, 3.05) is 0 Å². The van der Waals surface area contributed by atoms with Crippen molar-refractivity contribution >= 4 is 17.5 Å². The highest BCUT2D eigenvalue weighted by Gasteiger charge is 2.45. The van der Waals surface area contributed by atoms with Gasteiger partial charge in [-0.25, -0.2) is 0 Å². The number of allylic oxidation sites excluding steroid dienone is 2. The molecule has 0 amide bonds. The molecule has 1 aliphatic heterocycles. The number of ketones is 1. The zero-order chi connectivity index (χ0) is 22.9. The summed E-state index contributed by atoms with van der Waals surface area (Å²) in [6, 6.07) is 16.9. The lowest BCUT2D eigenvalue weighted by Crippen LogP contribution is -2.39. The number of ether oxygens (including phenoxy) is 1. The third-order valence-electron chi connectivity index (χ3n) is 7.23. The van der Waals surface area contributed by atoms with Gasteiger partial charge in [-0.3, -0.25) is 14.6 Å². The molecule has 1 N–H and O–H groups in total. The van der Waals surface area contributed by atoms with E-state index >= 15 is 0 Å². The maximum absolute atomic E-state index is 13.6. The van der Waals surface area contributed by atoms with E-state index in [1.165, 1.54) is 0 Å². The molecule has 1 saturated carbocycles. The van der Waals surface area contributed by atoms with Gasteiger partial charge in [0.25, 0.3) is 0 Å². The van der Waals surface area contributed by atoms with Gasteiger partial charge in [0.2, 0.25) is 0 Å². The molecule has 3 aliphatic rings. The molecule has 0 bridgehead atoms. The Labute approximate surface area is 194 Å². The number of aromatic hydroxyl groups is 1. The molecular weight excluding hydrogens is 414 g/mol. The van der Waals surface area contributed by atoms with Gasteiger partial charge in [0.05, 0.1) is 0 Å². The fourth-order valence-electron chi connectivity index (χ4n) is 5.65. The van der Waals surface area contributed by atoms with Crippen LogP contribution in [0.15, 0.2) is 70.9 Å². The Morgan fingerprint density at radius 2 is 1.73 bits per heavy atom. The lowest BCUT2D eigenvalue weighted by Gasteiger charge is -2.37. The number of nitrogens with zero attached hydrogens (tertiary/aromatic N) is 1. The van der Waals surface area contributed by atoms with Crippen molar-refractivity contribution in [3.05, 3.63) is 77.0 Å². The SMILES string of the molecule is CC1=NC2=C(C(=O)CC(c3ccccc3)C2)C(c2cccc(O)c2)C1C(=O)OC1CCCC1. The van der Waals surface area contributed by atoms with Crippen molar-refractivity contribution in [1.82, 2.24) is 0 Å². The number of carbonyl (C=O) groups is 2. The Hall–Kier alpha value is -3.21. The summed E-state index contributed by atoms with van der Waals surface area (Å²) < 4.78 is 5.89. The maximum atomic E-state index is 13.6. The number of hydrogen-bond donors (Lipinski definition) is 1. The highest BCUT2D eigenvalue weighted by molar-refractivity contribution is 6.09. The number of esters is 1. The number of phenols is 1. The van der Waals surface area contributed by atoms with Crippen LogP contribution in [0.4, 0.5) is 0 Å². The molecule has 2 aromatic carbocycles. The van der Waals surface area contributed by atoms with E-state index in [1.807, 2.05) is 31.2 Å². The Kier molecular flexibility index (Phi) is 5.88. The molecule has 2 aliphatic carbocycles. The molecule has 5 rings (SSSR count). The van der Waals surface area contributed by atoms with Crippen molar-refractivity contribution in [3.63, 3.8) is 0 Å². The van der Waals surface area contributed by atoms with Gasteiger partial charge in [0.15, 0.2) is 5.78 Å². The van der Waals surface area contributed by atoms with Gasteiger partial charge in [0.1, 0.15) is 17.8 Å². The molecule has 0 radical (unpaired) electrons. The third-order valence-corrected chi connectivity index (χ3v) is 7.23. The zero-order valence-electron chi connectivity index (χ0n) is 18.9. The molecule has 33 heavy (non-hydrogen) atoms. The van der Waals surface area contributed by atoms with Crippen LogP contribution in [0, 0.1) is 5.92 Å². The van der Waals surface area contributed by atoms with Crippen LogP contribution < -0.4 is 0 Å². The first-order chi connectivity index (χ1) is 16.0. The number of hydrogen-bond acceptors (Lipinski definition) is 5. The maximum Gasteiger partial charge on any atom is 0.315 e. The van der Waals surface area contributed by atoms with E-state index in [9.17, 15) is 14.7 Å². The van der Waals surface area contributed by atoms with Gasteiger partial charge < -0.3 is 9.84 Å². The molecule has 5 heteroatoms. The first-order valence-corrected chi connectivity index (χ1v) is 11.9. The second-order valence-corrected chi connectivity index (χ2v) is 9.45. The van der Waals surface area contributed by atoms with Gasteiger partial charge in [0, 0.05) is 29.3 Å². The molecule has 1 heterocycles. The normalized spacial score (nSPS) is 25.5. The van der Waals surface area contributed by atoms with E-state index in [-0.39, 0.29) is 29.5 Å². The predicted octanol–water partition coefficient (Wildman–Crippen LogP) is 5.45. The lowest BCUT2D eigenvalue weighted by molar-refractivity contribution is -0.151. The Bertz CT molecular complexity index is 1130. The molecule has 0 spiro atoms. The van der Waals surface area contributed by atoms with Gasteiger partial charge in [-0.2, -0.15) is 0 Å². The number of carbonyl (C=O) groups excluding carboxylic acids is 2. The van der Waals surface area contributed by atoms with E-state index in [0.717, 1.165) is 42.5 Å². The number of Topliss-reactive ketones (excluding diaryl/α,β-unsaturated/α-hetero) is 1. The van der Waals surface area contributed by atoms with Crippen LogP contribution in [-0.2, 0) is 14.3 Å². The first-order valence-electron chi connectivity index (χ1n) is 11.9. The molecule has 170 valence electrons. The van der Waals surface area contributed by atoms with Crippen LogP contribution in [0.2, 0.25) is 0 Å². The van der Waals surface area contributed by atoms with Crippen molar-refractivity contribution in [1.29, 1.82) is 0 Å². The summed E-state index contributed by atoms with van der Waals surface area (Å²) in [6.07, 6.45) is 4.89. The summed E-state index contributed by atoms with van der Waals surface area (Å²) in [7, 11) is 0. The molecule has 0 saturated heterocycles. The topological polar surface area (TPSA) is 76.0 Å². The summed E-state index contributed by atoms with van der Waals surface area (Å²) in [5.41, 5.74) is 3.91. The van der Waals surface area contributed by atoms with E-state index in [4.69, 9.17) is 9.73 Å². The van der Waals surface area contributed by atoms with E-state index < -0.39 is 11.8 Å². The molecule has 3 unspecified atom stereocenters. The molecular formula is C28H29NO4. The van der Waals surface area contributed by atoms with E-state index in [2.05, 4.69) is 12.1 Å². The van der Waals surface area contributed by atoms with Crippen molar-refractivity contribution in [2.24, 2.45) is 10.9 Å².